The van der Waals surface area contributed by atoms with Crippen molar-refractivity contribution in [1.82, 2.24) is 4.98 Å². The fraction of sp³-hybridized carbons (Fsp3) is 0. The van der Waals surface area contributed by atoms with Gasteiger partial charge in [-0.25, -0.2) is 0 Å². The molecule has 3 nitrogen and oxygen atoms in total. The molecule has 3 aliphatic heterocycles. The van der Waals surface area contributed by atoms with E-state index in [9.17, 15) is 0 Å². The number of aromatic nitrogens is 1. The lowest BCUT2D eigenvalue weighted by atomic mass is 9.35. The summed E-state index contributed by atoms with van der Waals surface area (Å²) in [5, 5.41) is 2.48. The van der Waals surface area contributed by atoms with E-state index in [0.717, 1.165) is 5.69 Å². The Labute approximate surface area is 270 Å². The number of hydrogen-bond donors (Lipinski definition) is 0. The summed E-state index contributed by atoms with van der Waals surface area (Å²) >= 11 is 3.79. The number of benzene rings is 6. The molecule has 3 aliphatic rings. The fourth-order valence-electron chi connectivity index (χ4n) is 7.34. The van der Waals surface area contributed by atoms with Crippen LogP contribution in [-0.2, 0) is 0 Å². The van der Waals surface area contributed by atoms with E-state index in [1.54, 1.807) is 0 Å². The second kappa shape index (κ2) is 9.80. The summed E-state index contributed by atoms with van der Waals surface area (Å²) in [5.74, 6) is 0. The number of hydrogen-bond acceptors (Lipinski definition) is 5. The molecular formula is C39H24BN3S2. The molecule has 0 aliphatic carbocycles. The SMILES string of the molecule is c1ccc2c(c1)Sc1cc3c(c4c1B2c1ccccc1N4c1ccncc1)Sc1ccccc1N3c1cccc2ccccc12. The van der Waals surface area contributed by atoms with Crippen LogP contribution >= 0.6 is 23.5 Å². The van der Waals surface area contributed by atoms with Crippen LogP contribution in [-0.4, -0.2) is 11.7 Å². The van der Waals surface area contributed by atoms with E-state index in [0.29, 0.717) is 0 Å². The van der Waals surface area contributed by atoms with Crippen molar-refractivity contribution in [3.05, 3.63) is 146 Å². The first kappa shape index (κ1) is 25.4. The minimum absolute atomic E-state index is 0.149. The molecule has 0 N–H and O–H groups in total. The lowest BCUT2D eigenvalue weighted by Crippen LogP contribution is -2.60. The molecule has 45 heavy (non-hydrogen) atoms. The van der Waals surface area contributed by atoms with Gasteiger partial charge >= 0.3 is 0 Å². The Morgan fingerprint density at radius 3 is 2.09 bits per heavy atom. The van der Waals surface area contributed by atoms with Crippen LogP contribution in [0.2, 0.25) is 0 Å². The number of pyridine rings is 1. The van der Waals surface area contributed by atoms with Gasteiger partial charge in [0.15, 0.2) is 0 Å². The molecule has 0 saturated heterocycles. The average Bonchev–Trinajstić information content (AvgIpc) is 3.10. The average molecular weight is 610 g/mol. The normalized spacial score (nSPS) is 13.9. The third-order valence-corrected chi connectivity index (χ3v) is 11.5. The maximum absolute atomic E-state index is 4.40. The molecule has 0 spiro atoms. The van der Waals surface area contributed by atoms with Gasteiger partial charge in [-0.3, -0.25) is 4.98 Å². The highest BCUT2D eigenvalue weighted by molar-refractivity contribution is 8.00. The van der Waals surface area contributed by atoms with Gasteiger partial charge in [-0.15, -0.1) is 0 Å². The van der Waals surface area contributed by atoms with Gasteiger partial charge in [-0.2, -0.15) is 0 Å². The molecule has 7 aromatic rings. The highest BCUT2D eigenvalue weighted by Crippen LogP contribution is 2.58. The lowest BCUT2D eigenvalue weighted by Gasteiger charge is -2.44. The number of rotatable bonds is 2. The third-order valence-electron chi connectivity index (χ3n) is 9.17. The fourth-order valence-corrected chi connectivity index (χ4v) is 9.70. The Balaban J connectivity index is 1.34. The number of anilines is 6. The number of para-hydroxylation sites is 2. The van der Waals surface area contributed by atoms with Crippen LogP contribution in [0.5, 0.6) is 0 Å². The van der Waals surface area contributed by atoms with Crippen LogP contribution < -0.4 is 26.2 Å². The summed E-state index contributed by atoms with van der Waals surface area (Å²) in [6, 6.07) is 48.9. The van der Waals surface area contributed by atoms with Gasteiger partial charge < -0.3 is 9.80 Å². The molecule has 6 heteroatoms. The maximum atomic E-state index is 4.40. The van der Waals surface area contributed by atoms with Crippen molar-refractivity contribution >= 4 is 91.5 Å². The van der Waals surface area contributed by atoms with Crippen molar-refractivity contribution in [3.63, 3.8) is 0 Å². The summed E-state index contributed by atoms with van der Waals surface area (Å²) in [4.78, 5) is 14.6. The van der Waals surface area contributed by atoms with E-state index in [1.807, 2.05) is 35.9 Å². The van der Waals surface area contributed by atoms with Crippen LogP contribution in [0.3, 0.4) is 0 Å². The molecule has 210 valence electrons. The van der Waals surface area contributed by atoms with E-state index >= 15 is 0 Å². The molecule has 4 heterocycles. The van der Waals surface area contributed by atoms with Crippen LogP contribution in [0.15, 0.2) is 165 Å². The summed E-state index contributed by atoms with van der Waals surface area (Å²) in [7, 11) is 0. The first-order chi connectivity index (χ1) is 22.3. The van der Waals surface area contributed by atoms with Gasteiger partial charge in [0.2, 0.25) is 6.71 Å². The van der Waals surface area contributed by atoms with Gasteiger partial charge in [0.05, 0.1) is 27.6 Å². The highest BCUT2D eigenvalue weighted by Gasteiger charge is 2.44. The number of nitrogens with zero attached hydrogens (tertiary/aromatic N) is 3. The Kier molecular flexibility index (Phi) is 5.54. The number of fused-ring (bicyclic) bond motifs is 8. The molecule has 0 radical (unpaired) electrons. The van der Waals surface area contributed by atoms with Crippen molar-refractivity contribution in [3.8, 4) is 0 Å². The van der Waals surface area contributed by atoms with Crippen molar-refractivity contribution in [1.29, 1.82) is 0 Å². The van der Waals surface area contributed by atoms with Gasteiger partial charge in [0, 0.05) is 43.8 Å². The second-order valence-electron chi connectivity index (χ2n) is 11.6. The van der Waals surface area contributed by atoms with E-state index < -0.39 is 0 Å². The van der Waals surface area contributed by atoms with E-state index in [1.165, 1.54) is 75.2 Å². The zero-order valence-electron chi connectivity index (χ0n) is 24.1. The molecular weight excluding hydrogens is 585 g/mol. The van der Waals surface area contributed by atoms with Crippen LogP contribution in [0.1, 0.15) is 0 Å². The zero-order valence-corrected chi connectivity index (χ0v) is 25.7. The van der Waals surface area contributed by atoms with E-state index in [4.69, 9.17) is 0 Å². The Hall–Kier alpha value is -4.91. The molecule has 0 atom stereocenters. The Bertz CT molecular complexity index is 2320. The van der Waals surface area contributed by atoms with E-state index in [2.05, 4.69) is 148 Å². The Morgan fingerprint density at radius 1 is 0.511 bits per heavy atom. The first-order valence-corrected chi connectivity index (χ1v) is 16.8. The molecule has 1 aromatic heterocycles. The summed E-state index contributed by atoms with van der Waals surface area (Å²) in [5.41, 5.74) is 11.3. The van der Waals surface area contributed by atoms with Crippen molar-refractivity contribution in [2.24, 2.45) is 0 Å². The summed E-state index contributed by atoms with van der Waals surface area (Å²) in [6.45, 7) is 0.149. The van der Waals surface area contributed by atoms with Gasteiger partial charge in [0.25, 0.3) is 0 Å². The van der Waals surface area contributed by atoms with Crippen molar-refractivity contribution < 1.29 is 0 Å². The van der Waals surface area contributed by atoms with Gasteiger partial charge in [0.1, 0.15) is 0 Å². The van der Waals surface area contributed by atoms with Gasteiger partial charge in [-0.1, -0.05) is 114 Å². The van der Waals surface area contributed by atoms with E-state index in [-0.39, 0.29) is 6.71 Å². The summed E-state index contributed by atoms with van der Waals surface area (Å²) in [6.07, 6.45) is 3.81. The first-order valence-electron chi connectivity index (χ1n) is 15.2. The minimum Gasteiger partial charge on any atom is -0.310 e. The summed E-state index contributed by atoms with van der Waals surface area (Å²) < 4.78 is 0. The topological polar surface area (TPSA) is 19.4 Å². The molecule has 0 amide bonds. The van der Waals surface area contributed by atoms with Crippen LogP contribution in [0, 0.1) is 0 Å². The zero-order chi connectivity index (χ0) is 29.5. The second-order valence-corrected chi connectivity index (χ2v) is 13.7. The van der Waals surface area contributed by atoms with Crippen LogP contribution in [0.4, 0.5) is 34.1 Å². The maximum Gasteiger partial charge on any atom is 0.249 e. The minimum atomic E-state index is 0.149. The van der Waals surface area contributed by atoms with Crippen molar-refractivity contribution in [2.75, 3.05) is 9.80 Å². The Morgan fingerprint density at radius 2 is 1.20 bits per heavy atom. The molecule has 0 saturated carbocycles. The molecule has 0 unspecified atom stereocenters. The molecule has 0 fully saturated rings. The monoisotopic (exact) mass is 609 g/mol. The predicted molar refractivity (Wildman–Crippen MR) is 190 cm³/mol. The standard InChI is InChI=1S/C39H24BN3S2/c1-2-12-27-25(10-1)11-9-17-30(27)43-32-16-6-8-19-35(32)45-39-33(43)24-36-37-38(39)42(26-20-22-41-23-21-26)31-15-5-3-13-28(31)40(37)29-14-4-7-18-34(29)44-36/h1-24H. The highest BCUT2D eigenvalue weighted by atomic mass is 32.2. The largest absolute Gasteiger partial charge is 0.310 e. The quantitative estimate of drug-likeness (QED) is 0.182. The third kappa shape index (κ3) is 3.67. The lowest BCUT2D eigenvalue weighted by molar-refractivity contribution is 1.13. The van der Waals surface area contributed by atoms with Gasteiger partial charge in [-0.05, 0) is 64.8 Å². The molecule has 10 rings (SSSR count). The molecule has 0 bridgehead atoms. The smallest absolute Gasteiger partial charge is 0.249 e. The predicted octanol–water partition coefficient (Wildman–Crippen LogP) is 8.93. The van der Waals surface area contributed by atoms with Crippen LogP contribution in [0.25, 0.3) is 10.8 Å². The molecule has 6 aromatic carbocycles. The van der Waals surface area contributed by atoms with Crippen molar-refractivity contribution in [2.45, 2.75) is 19.6 Å².